The first kappa shape index (κ1) is 15.5. The average molecular weight is 290 g/mol. The van der Waals surface area contributed by atoms with E-state index < -0.39 is 11.4 Å². The highest BCUT2D eigenvalue weighted by Crippen LogP contribution is 2.36. The fraction of sp³-hybridized carbons (Fsp3) is 0.500. The number of carboxylic acids is 1. The quantitative estimate of drug-likeness (QED) is 0.875. The van der Waals surface area contributed by atoms with E-state index in [9.17, 15) is 14.7 Å². The summed E-state index contributed by atoms with van der Waals surface area (Å²) in [4.78, 5) is 25.7. The largest absolute Gasteiger partial charge is 0.481 e. The first-order valence-corrected chi connectivity index (χ1v) is 7.26. The van der Waals surface area contributed by atoms with Gasteiger partial charge in [0, 0.05) is 13.1 Å². The lowest BCUT2D eigenvalue weighted by Crippen LogP contribution is -2.52. The Morgan fingerprint density at radius 3 is 2.29 bits per heavy atom. The van der Waals surface area contributed by atoms with Gasteiger partial charge in [-0.25, -0.2) is 0 Å². The van der Waals surface area contributed by atoms with Crippen molar-refractivity contribution in [3.05, 3.63) is 35.9 Å². The van der Waals surface area contributed by atoms with Crippen LogP contribution in [0.1, 0.15) is 25.3 Å². The molecule has 1 unspecified atom stereocenters. The molecule has 2 N–H and O–H groups in total. The van der Waals surface area contributed by atoms with Crippen LogP contribution in [0.5, 0.6) is 0 Å². The van der Waals surface area contributed by atoms with E-state index in [1.165, 1.54) is 0 Å². The minimum atomic E-state index is -0.874. The Balaban J connectivity index is 2.16. The van der Waals surface area contributed by atoms with E-state index in [0.29, 0.717) is 25.9 Å². The Morgan fingerprint density at radius 1 is 1.24 bits per heavy atom. The van der Waals surface area contributed by atoms with Crippen molar-refractivity contribution in [2.75, 3.05) is 20.1 Å². The number of carbonyl (C=O) groups excluding carboxylic acids is 1. The molecule has 5 heteroatoms. The summed E-state index contributed by atoms with van der Waals surface area (Å²) in [7, 11) is 1.75. The third kappa shape index (κ3) is 2.93. The van der Waals surface area contributed by atoms with Gasteiger partial charge in [-0.15, -0.1) is 0 Å². The Hall–Kier alpha value is -1.88. The Morgan fingerprint density at radius 2 is 1.81 bits per heavy atom. The molecule has 0 radical (unpaired) electrons. The first-order chi connectivity index (χ1) is 10.0. The molecule has 1 amide bonds. The summed E-state index contributed by atoms with van der Waals surface area (Å²) in [6, 6.07) is 9.09. The third-order valence-corrected chi connectivity index (χ3v) is 4.47. The maximum absolute atomic E-state index is 12.2. The number of amides is 1. The van der Waals surface area contributed by atoms with Crippen LogP contribution in [0.25, 0.3) is 0 Å². The summed E-state index contributed by atoms with van der Waals surface area (Å²) in [6.07, 6.45) is 0.906. The number of nitrogens with zero attached hydrogens (tertiary/aromatic N) is 1. The second-order valence-electron chi connectivity index (χ2n) is 5.59. The molecule has 1 atom stereocenters. The Labute approximate surface area is 125 Å². The number of rotatable bonds is 4. The lowest BCUT2D eigenvalue weighted by molar-refractivity contribution is -0.148. The number of likely N-dealkylation sites (tertiary alicyclic amines) is 1. The van der Waals surface area contributed by atoms with Crippen LogP contribution in [0, 0.1) is 0 Å². The minimum absolute atomic E-state index is 0.0320. The van der Waals surface area contributed by atoms with E-state index in [2.05, 4.69) is 5.32 Å². The zero-order chi connectivity index (χ0) is 15.5. The van der Waals surface area contributed by atoms with Crippen molar-refractivity contribution in [3.8, 4) is 0 Å². The fourth-order valence-electron chi connectivity index (χ4n) is 2.89. The van der Waals surface area contributed by atoms with Gasteiger partial charge in [-0.05, 0) is 32.4 Å². The van der Waals surface area contributed by atoms with Gasteiger partial charge < -0.3 is 15.3 Å². The molecule has 1 saturated heterocycles. The van der Waals surface area contributed by atoms with Crippen molar-refractivity contribution in [1.82, 2.24) is 10.2 Å². The van der Waals surface area contributed by atoms with Gasteiger partial charge in [0.25, 0.3) is 0 Å². The molecule has 21 heavy (non-hydrogen) atoms. The topological polar surface area (TPSA) is 69.6 Å². The number of piperidine rings is 1. The van der Waals surface area contributed by atoms with Gasteiger partial charge in [0.2, 0.25) is 5.91 Å². The molecule has 0 saturated carbocycles. The smallest absolute Gasteiger partial charge is 0.314 e. The molecule has 1 aromatic carbocycles. The summed E-state index contributed by atoms with van der Waals surface area (Å²) in [6.45, 7) is 2.77. The summed E-state index contributed by atoms with van der Waals surface area (Å²) in [5.74, 6) is -0.771. The molecule has 1 fully saturated rings. The second-order valence-corrected chi connectivity index (χ2v) is 5.59. The molecule has 1 heterocycles. The van der Waals surface area contributed by atoms with Crippen molar-refractivity contribution in [2.24, 2.45) is 0 Å². The van der Waals surface area contributed by atoms with Crippen LogP contribution >= 0.6 is 0 Å². The van der Waals surface area contributed by atoms with E-state index in [1.807, 2.05) is 37.3 Å². The molecule has 1 aliphatic rings. The lowest BCUT2D eigenvalue weighted by Gasteiger charge is -2.40. The SMILES string of the molecule is CNC(C)C(=O)N1CCC(C(=O)O)(c2ccccc2)CC1. The van der Waals surface area contributed by atoms with Crippen LogP contribution in [0.15, 0.2) is 30.3 Å². The predicted octanol–water partition coefficient (Wildman–Crippen LogP) is 1.24. The molecule has 0 spiro atoms. The molecule has 5 nitrogen and oxygen atoms in total. The van der Waals surface area contributed by atoms with Crippen molar-refractivity contribution in [2.45, 2.75) is 31.2 Å². The van der Waals surface area contributed by atoms with Gasteiger partial charge >= 0.3 is 5.97 Å². The maximum Gasteiger partial charge on any atom is 0.314 e. The van der Waals surface area contributed by atoms with Gasteiger partial charge in [-0.3, -0.25) is 9.59 Å². The highest BCUT2D eigenvalue weighted by molar-refractivity contribution is 5.84. The zero-order valence-electron chi connectivity index (χ0n) is 12.5. The number of aliphatic carboxylic acids is 1. The number of carbonyl (C=O) groups is 2. The number of hydrogen-bond acceptors (Lipinski definition) is 3. The monoisotopic (exact) mass is 290 g/mol. The van der Waals surface area contributed by atoms with Crippen LogP contribution in [-0.2, 0) is 15.0 Å². The second kappa shape index (κ2) is 6.26. The Bertz CT molecular complexity index is 508. The molecule has 0 aliphatic carbocycles. The van der Waals surface area contributed by atoms with E-state index in [0.717, 1.165) is 5.56 Å². The van der Waals surface area contributed by atoms with Crippen LogP contribution in [0.3, 0.4) is 0 Å². The molecule has 114 valence electrons. The van der Waals surface area contributed by atoms with E-state index in [1.54, 1.807) is 11.9 Å². The van der Waals surface area contributed by atoms with Crippen LogP contribution < -0.4 is 5.32 Å². The maximum atomic E-state index is 12.2. The Kier molecular flexibility index (Phi) is 4.63. The number of likely N-dealkylation sites (N-methyl/N-ethyl adjacent to an activating group) is 1. The van der Waals surface area contributed by atoms with Gasteiger partial charge in [0.1, 0.15) is 0 Å². The number of benzene rings is 1. The normalized spacial score (nSPS) is 19.0. The highest BCUT2D eigenvalue weighted by atomic mass is 16.4. The standard InChI is InChI=1S/C16H22N2O3/c1-12(17-2)14(19)18-10-8-16(9-11-18,15(20)21)13-6-4-3-5-7-13/h3-7,12,17H,8-11H2,1-2H3,(H,20,21). The summed E-state index contributed by atoms with van der Waals surface area (Å²) < 4.78 is 0. The molecular formula is C16H22N2O3. The van der Waals surface area contributed by atoms with Gasteiger partial charge in [0.05, 0.1) is 11.5 Å². The minimum Gasteiger partial charge on any atom is -0.481 e. The van der Waals surface area contributed by atoms with Gasteiger partial charge in [-0.1, -0.05) is 30.3 Å². The zero-order valence-corrected chi connectivity index (χ0v) is 12.5. The number of hydrogen-bond donors (Lipinski definition) is 2. The van der Waals surface area contributed by atoms with Crippen molar-refractivity contribution in [3.63, 3.8) is 0 Å². The van der Waals surface area contributed by atoms with Crippen LogP contribution in [-0.4, -0.2) is 48.1 Å². The molecule has 0 aromatic heterocycles. The third-order valence-electron chi connectivity index (χ3n) is 4.47. The fourth-order valence-corrected chi connectivity index (χ4v) is 2.89. The summed E-state index contributed by atoms with van der Waals surface area (Å²) in [5.41, 5.74) is -0.0488. The van der Waals surface area contributed by atoms with Crippen LogP contribution in [0.4, 0.5) is 0 Å². The van der Waals surface area contributed by atoms with Crippen molar-refractivity contribution < 1.29 is 14.7 Å². The lowest BCUT2D eigenvalue weighted by atomic mass is 9.73. The van der Waals surface area contributed by atoms with Crippen molar-refractivity contribution >= 4 is 11.9 Å². The molecule has 0 bridgehead atoms. The predicted molar refractivity (Wildman–Crippen MR) is 80.1 cm³/mol. The summed E-state index contributed by atoms with van der Waals surface area (Å²) in [5, 5.41) is 12.6. The van der Waals surface area contributed by atoms with E-state index in [4.69, 9.17) is 0 Å². The van der Waals surface area contributed by atoms with E-state index >= 15 is 0 Å². The highest BCUT2D eigenvalue weighted by Gasteiger charge is 2.44. The van der Waals surface area contributed by atoms with E-state index in [-0.39, 0.29) is 11.9 Å². The van der Waals surface area contributed by atoms with Gasteiger partial charge in [0.15, 0.2) is 0 Å². The first-order valence-electron chi connectivity index (χ1n) is 7.26. The number of nitrogens with one attached hydrogen (secondary N) is 1. The van der Waals surface area contributed by atoms with Crippen molar-refractivity contribution in [1.29, 1.82) is 0 Å². The number of carboxylic acid groups (broad SMARTS) is 1. The molecule has 2 rings (SSSR count). The molecule has 1 aliphatic heterocycles. The molecular weight excluding hydrogens is 268 g/mol. The van der Waals surface area contributed by atoms with Gasteiger partial charge in [-0.2, -0.15) is 0 Å². The van der Waals surface area contributed by atoms with Crippen LogP contribution in [0.2, 0.25) is 0 Å². The summed E-state index contributed by atoms with van der Waals surface area (Å²) >= 11 is 0. The molecule has 1 aromatic rings. The average Bonchev–Trinajstić information content (AvgIpc) is 2.54.